The van der Waals surface area contributed by atoms with Gasteiger partial charge in [0.1, 0.15) is 6.10 Å². The van der Waals surface area contributed by atoms with Crippen LogP contribution in [0.4, 0.5) is 25.2 Å². The van der Waals surface area contributed by atoms with E-state index in [1.807, 2.05) is 46.8 Å². The molecule has 0 fully saturated rings. The van der Waals surface area contributed by atoms with Crippen molar-refractivity contribution in [2.45, 2.75) is 125 Å². The van der Waals surface area contributed by atoms with Crippen LogP contribution in [0.3, 0.4) is 0 Å². The number of carbonyl (C=O) groups excluding carboxylic acids is 4. The Morgan fingerprint density at radius 1 is 0.941 bits per heavy atom. The third kappa shape index (κ3) is 18.8. The Balaban J connectivity index is 0.00000167. The van der Waals surface area contributed by atoms with E-state index in [0.717, 1.165) is 24.8 Å². The summed E-state index contributed by atoms with van der Waals surface area (Å²) in [7, 11) is -10.7. The molecule has 0 radical (unpaired) electrons. The molecule has 0 aromatic heterocycles. The van der Waals surface area contributed by atoms with Crippen molar-refractivity contribution in [2.24, 2.45) is 23.7 Å². The number of rotatable bonds is 8. The van der Waals surface area contributed by atoms with Crippen molar-refractivity contribution in [2.75, 3.05) is 0 Å². The van der Waals surface area contributed by atoms with Crippen molar-refractivity contribution in [3.63, 3.8) is 0 Å². The molecule has 1 heterocycles. The SMILES string of the molecule is CCCCCCCCC1=C2C[C@@H](C)C[C@H](C)[C@H](O)[C@@H](C)/C=C(\C)[C@H](OC(C)=O)[C@@H](C)/C=C\C=C(/C)C(=O)NC(=CC1=O)C2=O.F[P-](F)(F)(F)(F)F. The number of esters is 1. The van der Waals surface area contributed by atoms with E-state index in [2.05, 4.69) is 12.2 Å². The topological polar surface area (TPSA) is 110 Å². The van der Waals surface area contributed by atoms with E-state index in [1.54, 1.807) is 19.1 Å². The number of ether oxygens (including phenoxy) is 1. The number of unbranched alkanes of at least 4 members (excludes halogenated alkanes) is 5. The van der Waals surface area contributed by atoms with Crippen LogP contribution in [-0.2, 0) is 23.9 Å². The number of nitrogens with one attached hydrogen (secondary N) is 1. The number of fused-ring (bicyclic) bond motifs is 2. The maximum absolute atomic E-state index is 13.8. The number of carbonyl (C=O) groups is 4. The molecule has 0 spiro atoms. The fourth-order valence-corrected chi connectivity index (χ4v) is 6.30. The molecule has 14 heteroatoms. The molecule has 0 saturated heterocycles. The molecule has 1 aliphatic carbocycles. The maximum atomic E-state index is 13.8. The second kappa shape index (κ2) is 18.6. The summed E-state index contributed by atoms with van der Waals surface area (Å²) in [6, 6.07) is 0. The van der Waals surface area contributed by atoms with E-state index in [9.17, 15) is 49.5 Å². The number of ketones is 2. The zero-order valence-corrected chi connectivity index (χ0v) is 31.8. The summed E-state index contributed by atoms with van der Waals surface area (Å²) in [5, 5.41) is 14.0. The molecule has 2 rings (SSSR count). The Kier molecular flexibility index (Phi) is 16.8. The second-order valence-electron chi connectivity index (χ2n) is 14.0. The number of aliphatic hydroxyl groups excluding tert-OH is 1. The zero-order chi connectivity index (χ0) is 39.4. The van der Waals surface area contributed by atoms with Crippen molar-refractivity contribution < 1.29 is 54.2 Å². The van der Waals surface area contributed by atoms with Gasteiger partial charge in [-0.1, -0.05) is 91.0 Å². The molecular formula is C37H55F6NO6P-. The van der Waals surface area contributed by atoms with Gasteiger partial charge in [0, 0.05) is 41.6 Å². The van der Waals surface area contributed by atoms with Crippen LogP contribution in [0.25, 0.3) is 0 Å². The molecule has 0 aromatic rings. The molecule has 0 unspecified atom stereocenters. The first-order chi connectivity index (χ1) is 23.2. The summed E-state index contributed by atoms with van der Waals surface area (Å²) < 4.78 is 64.9. The van der Waals surface area contributed by atoms with Gasteiger partial charge in [-0.25, -0.2) is 0 Å². The molecule has 0 saturated carbocycles. The van der Waals surface area contributed by atoms with E-state index in [4.69, 9.17) is 4.74 Å². The van der Waals surface area contributed by atoms with Crippen LogP contribution in [-0.4, -0.2) is 40.8 Å². The Bertz CT molecular complexity index is 1420. The van der Waals surface area contributed by atoms with Gasteiger partial charge in [0.05, 0.1) is 11.8 Å². The van der Waals surface area contributed by atoms with Crippen molar-refractivity contribution in [1.82, 2.24) is 5.32 Å². The fraction of sp³-hybridized carbons (Fsp3) is 0.622. The molecule has 2 N–H and O–H groups in total. The number of hydrogen-bond donors (Lipinski definition) is 2. The van der Waals surface area contributed by atoms with E-state index >= 15 is 0 Å². The predicted molar refractivity (Wildman–Crippen MR) is 189 cm³/mol. The van der Waals surface area contributed by atoms with Gasteiger partial charge in [0.2, 0.25) is 5.78 Å². The van der Waals surface area contributed by atoms with Crippen molar-refractivity contribution in [1.29, 1.82) is 0 Å². The van der Waals surface area contributed by atoms with E-state index in [-0.39, 0.29) is 40.9 Å². The van der Waals surface area contributed by atoms with Gasteiger partial charge in [-0.3, -0.25) is 19.2 Å². The minimum atomic E-state index is -10.7. The third-order valence-corrected chi connectivity index (χ3v) is 8.80. The minimum absolute atomic E-state index is 0.00774. The van der Waals surface area contributed by atoms with Crippen molar-refractivity contribution in [3.05, 3.63) is 58.4 Å². The summed E-state index contributed by atoms with van der Waals surface area (Å²) in [5.74, 6) is -1.85. The van der Waals surface area contributed by atoms with Gasteiger partial charge < -0.3 is 15.2 Å². The van der Waals surface area contributed by atoms with Crippen LogP contribution in [0.2, 0.25) is 0 Å². The Labute approximate surface area is 298 Å². The van der Waals surface area contributed by atoms with Crippen LogP contribution in [0.1, 0.15) is 113 Å². The molecule has 51 heavy (non-hydrogen) atoms. The molecule has 292 valence electrons. The average molecular weight is 755 g/mol. The number of Topliss-reactive ketones (excluding diaryl/α,β-unsaturated/α-hetero) is 1. The number of hydrogen-bond acceptors (Lipinski definition) is 6. The van der Waals surface area contributed by atoms with Gasteiger partial charge in [-0.2, -0.15) is 0 Å². The molecular weight excluding hydrogens is 699 g/mol. The number of aliphatic hydroxyl groups is 1. The fourth-order valence-electron chi connectivity index (χ4n) is 6.30. The van der Waals surface area contributed by atoms with Crippen LogP contribution in [0.15, 0.2) is 58.4 Å². The summed E-state index contributed by atoms with van der Waals surface area (Å²) in [6.45, 7) is 15.0. The summed E-state index contributed by atoms with van der Waals surface area (Å²) in [4.78, 5) is 52.1. The Morgan fingerprint density at radius 3 is 2.08 bits per heavy atom. The molecule has 6 atom stereocenters. The number of allylic oxidation sites excluding steroid dienone is 5. The van der Waals surface area contributed by atoms with Crippen molar-refractivity contribution in [3.8, 4) is 0 Å². The second-order valence-corrected chi connectivity index (χ2v) is 16.0. The first kappa shape index (κ1) is 46.0. The van der Waals surface area contributed by atoms with Crippen LogP contribution in [0.5, 0.6) is 0 Å². The predicted octanol–water partition coefficient (Wildman–Crippen LogP) is 10.6. The molecule has 1 amide bonds. The Morgan fingerprint density at radius 2 is 1.51 bits per heavy atom. The molecule has 0 aromatic carbocycles. The number of amides is 1. The normalized spacial score (nSPS) is 29.9. The quantitative estimate of drug-likeness (QED) is 0.0638. The molecule has 2 bridgehead atoms. The molecule has 1 aliphatic heterocycles. The summed E-state index contributed by atoms with van der Waals surface area (Å²) in [6.07, 6.45) is 15.3. The zero-order valence-electron chi connectivity index (χ0n) is 30.9. The van der Waals surface area contributed by atoms with Crippen LogP contribution >= 0.6 is 7.81 Å². The Hall–Kier alpha value is -3.05. The first-order valence-corrected chi connectivity index (χ1v) is 19.5. The van der Waals surface area contributed by atoms with Gasteiger partial charge in [0.15, 0.2) is 5.78 Å². The van der Waals surface area contributed by atoms with Gasteiger partial charge >= 0.3 is 39.0 Å². The van der Waals surface area contributed by atoms with Crippen LogP contribution in [0, 0.1) is 23.7 Å². The van der Waals surface area contributed by atoms with E-state index in [0.29, 0.717) is 36.0 Å². The molecule has 7 nitrogen and oxygen atoms in total. The van der Waals surface area contributed by atoms with Crippen LogP contribution < -0.4 is 5.32 Å². The van der Waals surface area contributed by atoms with Gasteiger partial charge in [0.25, 0.3) is 5.91 Å². The first-order valence-electron chi connectivity index (χ1n) is 17.5. The third-order valence-electron chi connectivity index (χ3n) is 8.80. The van der Waals surface area contributed by atoms with Gasteiger partial charge in [-0.05, 0) is 56.9 Å². The average Bonchev–Trinajstić information content (AvgIpc) is 2.98. The number of halogens is 6. The summed E-state index contributed by atoms with van der Waals surface area (Å²) >= 11 is 0. The van der Waals surface area contributed by atoms with E-state index in [1.165, 1.54) is 32.3 Å². The monoisotopic (exact) mass is 754 g/mol. The standard InChI is InChI=1S/C37H55NO6.F6P/c1-9-10-11-12-13-14-18-30-31-20-23(2)19-26(5)34(41)27(6)21-28(7)36(44-29(8)39)24(3)16-15-17-25(4)37(43)38-32(35(31)42)22-33(30)40;1-7(2,3,4,5)6/h15-17,21-24,26-27,34,36,41H,9-14,18-20H2,1-8H3,(H,38,43);/q;-1/b16-15-,25-17+,28-21+;/t23-,24-,26-,27-,34-,36+;/m0./s1. The summed E-state index contributed by atoms with van der Waals surface area (Å²) in [5.41, 5.74) is 2.26. The molecule has 2 aliphatic rings. The van der Waals surface area contributed by atoms with Gasteiger partial charge in [-0.15, -0.1) is 0 Å². The van der Waals surface area contributed by atoms with E-state index < -0.39 is 31.9 Å². The van der Waals surface area contributed by atoms with Crippen molar-refractivity contribution >= 4 is 31.3 Å².